The molecule has 0 amide bonds. The highest BCUT2D eigenvalue weighted by Gasteiger charge is 2.26. The van der Waals surface area contributed by atoms with Crippen molar-refractivity contribution in [3.63, 3.8) is 0 Å². The van der Waals surface area contributed by atoms with Crippen LogP contribution in [0, 0.1) is 0 Å². The SMILES string of the molecule is CC/C=C\C/C=C\C/C=C\C/C=C\C/C=C\C=C/C(O)CCC(=O)OC[C@H](COP(=O)(O)OCCN)OC(=O)CCC/C=C\C/C=C\C/C=C\CCCCCCCC. The summed E-state index contributed by atoms with van der Waals surface area (Å²) < 4.78 is 32.5. The molecule has 0 fully saturated rings. The van der Waals surface area contributed by atoms with E-state index in [1.807, 2.05) is 18.2 Å². The van der Waals surface area contributed by atoms with Crippen molar-refractivity contribution in [1.82, 2.24) is 0 Å². The second-order valence-corrected chi connectivity index (χ2v) is 15.1. The number of ether oxygens (including phenoxy) is 2. The van der Waals surface area contributed by atoms with Crippen LogP contribution in [0.5, 0.6) is 0 Å². The van der Waals surface area contributed by atoms with Crippen LogP contribution in [0.4, 0.5) is 0 Å². The van der Waals surface area contributed by atoms with E-state index in [0.717, 1.165) is 51.4 Å². The Balaban J connectivity index is 4.50. The Morgan fingerprint density at radius 1 is 0.621 bits per heavy atom. The molecule has 0 heterocycles. The first-order valence-electron chi connectivity index (χ1n) is 21.5. The highest BCUT2D eigenvalue weighted by atomic mass is 31.2. The Morgan fingerprint density at radius 2 is 1.16 bits per heavy atom. The van der Waals surface area contributed by atoms with Gasteiger partial charge in [-0.2, -0.15) is 0 Å². The molecule has 58 heavy (non-hydrogen) atoms. The number of allylic oxidation sites excluding steroid dienone is 17. The fourth-order valence-electron chi connectivity index (χ4n) is 5.05. The van der Waals surface area contributed by atoms with Gasteiger partial charge in [0.2, 0.25) is 0 Å². The third-order valence-electron chi connectivity index (χ3n) is 8.26. The smallest absolute Gasteiger partial charge is 0.462 e. The average molecular weight is 830 g/mol. The zero-order chi connectivity index (χ0) is 42.6. The molecule has 0 aromatic heterocycles. The Morgan fingerprint density at radius 3 is 1.74 bits per heavy atom. The molecular weight excluding hydrogens is 753 g/mol. The summed E-state index contributed by atoms with van der Waals surface area (Å²) in [6, 6.07) is 0. The molecule has 0 aliphatic carbocycles. The van der Waals surface area contributed by atoms with E-state index in [1.54, 1.807) is 12.2 Å². The first-order valence-corrected chi connectivity index (χ1v) is 23.0. The number of carbonyl (C=O) groups excluding carboxylic acids is 2. The lowest BCUT2D eigenvalue weighted by atomic mass is 10.1. The van der Waals surface area contributed by atoms with E-state index in [2.05, 4.69) is 92.8 Å². The fraction of sp³-hybridized carbons (Fsp3) is 0.574. The number of hydrogen-bond donors (Lipinski definition) is 3. The van der Waals surface area contributed by atoms with Gasteiger partial charge in [0.15, 0.2) is 6.10 Å². The number of esters is 2. The lowest BCUT2D eigenvalue weighted by Crippen LogP contribution is -2.29. The van der Waals surface area contributed by atoms with Gasteiger partial charge in [0.25, 0.3) is 0 Å². The maximum Gasteiger partial charge on any atom is 0.472 e. The predicted molar refractivity (Wildman–Crippen MR) is 239 cm³/mol. The summed E-state index contributed by atoms with van der Waals surface area (Å²) in [4.78, 5) is 34.9. The molecule has 10 nitrogen and oxygen atoms in total. The summed E-state index contributed by atoms with van der Waals surface area (Å²) in [5.41, 5.74) is 5.33. The summed E-state index contributed by atoms with van der Waals surface area (Å²) >= 11 is 0. The van der Waals surface area contributed by atoms with Crippen LogP contribution in [0.3, 0.4) is 0 Å². The van der Waals surface area contributed by atoms with Crippen molar-refractivity contribution in [2.75, 3.05) is 26.4 Å². The first-order chi connectivity index (χ1) is 28.2. The molecule has 0 radical (unpaired) electrons. The summed E-state index contributed by atoms with van der Waals surface area (Å²) in [7, 11) is -4.45. The maximum absolute atomic E-state index is 12.6. The molecule has 0 saturated carbocycles. The highest BCUT2D eigenvalue weighted by Crippen LogP contribution is 2.43. The Bertz CT molecular complexity index is 1330. The summed E-state index contributed by atoms with van der Waals surface area (Å²) in [5.74, 6) is -1.18. The van der Waals surface area contributed by atoms with Gasteiger partial charge in [-0.05, 0) is 77.0 Å². The van der Waals surface area contributed by atoms with Gasteiger partial charge in [0.05, 0.1) is 19.3 Å². The van der Waals surface area contributed by atoms with Crippen LogP contribution in [0.15, 0.2) is 109 Å². The summed E-state index contributed by atoms with van der Waals surface area (Å²) in [6.07, 6.45) is 51.8. The topological polar surface area (TPSA) is 155 Å². The van der Waals surface area contributed by atoms with E-state index in [1.165, 1.54) is 38.5 Å². The third-order valence-corrected chi connectivity index (χ3v) is 9.24. The van der Waals surface area contributed by atoms with Gasteiger partial charge in [0.1, 0.15) is 6.61 Å². The second kappa shape index (κ2) is 41.8. The van der Waals surface area contributed by atoms with Crippen molar-refractivity contribution in [3.05, 3.63) is 109 Å². The zero-order valence-corrected chi connectivity index (χ0v) is 36.5. The molecule has 0 saturated heterocycles. The standard InChI is InChI=1S/C47H76NO9P/c1-3-5-7-9-11-13-15-17-19-21-23-25-27-29-31-33-35-37-47(51)57-45(43-56-58(52,53)55-41-40-48)42-54-46(50)39-38-44(49)36-34-32-30-28-26-24-22-20-18-16-14-12-10-8-6-4-2/h6,8,12,14,17-20,23-26,29-32,34,36,44-45,49H,3-5,7,9-11,13,15-16,21-22,27-28,33,35,37-43,48H2,1-2H3,(H,52,53)/b8-6-,14-12-,19-17-,20-18-,25-23-,26-24-,31-29-,32-30-,36-34-/t44?,45-/m1/s1. The molecule has 3 atom stereocenters. The number of rotatable bonds is 38. The van der Waals surface area contributed by atoms with Crippen molar-refractivity contribution in [1.29, 1.82) is 0 Å². The lowest BCUT2D eigenvalue weighted by molar-refractivity contribution is -0.161. The molecule has 0 spiro atoms. The lowest BCUT2D eigenvalue weighted by Gasteiger charge is -2.20. The van der Waals surface area contributed by atoms with Crippen molar-refractivity contribution in [3.8, 4) is 0 Å². The van der Waals surface area contributed by atoms with Crippen LogP contribution in [0.25, 0.3) is 0 Å². The zero-order valence-electron chi connectivity index (χ0n) is 35.6. The van der Waals surface area contributed by atoms with Crippen LogP contribution >= 0.6 is 7.82 Å². The molecule has 0 aliphatic rings. The van der Waals surface area contributed by atoms with Crippen molar-refractivity contribution >= 4 is 19.8 Å². The van der Waals surface area contributed by atoms with Crippen LogP contribution in [0.1, 0.15) is 136 Å². The van der Waals surface area contributed by atoms with Crippen molar-refractivity contribution in [2.45, 2.75) is 148 Å². The predicted octanol–water partition coefficient (Wildman–Crippen LogP) is 11.4. The molecule has 2 unspecified atom stereocenters. The van der Waals surface area contributed by atoms with Gasteiger partial charge in [-0.25, -0.2) is 4.57 Å². The Labute approximate surface area is 351 Å². The van der Waals surface area contributed by atoms with Crippen LogP contribution < -0.4 is 5.73 Å². The van der Waals surface area contributed by atoms with E-state index in [0.29, 0.717) is 12.8 Å². The number of nitrogens with two attached hydrogens (primary N) is 1. The fourth-order valence-corrected chi connectivity index (χ4v) is 5.82. The molecule has 0 aromatic rings. The Hall–Kier alpha value is -3.37. The van der Waals surface area contributed by atoms with Gasteiger partial charge in [-0.15, -0.1) is 0 Å². The average Bonchev–Trinajstić information content (AvgIpc) is 3.21. The van der Waals surface area contributed by atoms with E-state index in [9.17, 15) is 24.2 Å². The number of hydrogen-bond acceptors (Lipinski definition) is 9. The maximum atomic E-state index is 12.6. The van der Waals surface area contributed by atoms with Gasteiger partial charge in [-0.1, -0.05) is 155 Å². The van der Waals surface area contributed by atoms with Gasteiger partial charge < -0.3 is 25.2 Å². The van der Waals surface area contributed by atoms with E-state index >= 15 is 0 Å². The number of aliphatic hydroxyl groups is 1. The number of carbonyl (C=O) groups is 2. The minimum Gasteiger partial charge on any atom is -0.462 e. The summed E-state index contributed by atoms with van der Waals surface area (Å²) in [6.45, 7) is 3.24. The van der Waals surface area contributed by atoms with Crippen LogP contribution in [-0.4, -0.2) is 60.5 Å². The van der Waals surface area contributed by atoms with Crippen LogP contribution in [-0.2, 0) is 32.7 Å². The van der Waals surface area contributed by atoms with Crippen molar-refractivity contribution in [2.24, 2.45) is 5.73 Å². The molecule has 11 heteroatoms. The highest BCUT2D eigenvalue weighted by molar-refractivity contribution is 7.47. The molecule has 0 aliphatic heterocycles. The monoisotopic (exact) mass is 830 g/mol. The molecule has 328 valence electrons. The minimum absolute atomic E-state index is 0.00866. The largest absolute Gasteiger partial charge is 0.472 e. The number of aliphatic hydroxyl groups excluding tert-OH is 1. The normalized spacial score (nSPS) is 14.9. The quantitative estimate of drug-likeness (QED) is 0.0180. The number of phosphoric acid groups is 1. The first kappa shape index (κ1) is 54.6. The van der Waals surface area contributed by atoms with Gasteiger partial charge >= 0.3 is 19.8 Å². The molecule has 0 aromatic carbocycles. The number of unbranched alkanes of at least 4 members (excludes halogenated alkanes) is 7. The van der Waals surface area contributed by atoms with Crippen molar-refractivity contribution < 1.29 is 42.7 Å². The molecule has 0 bridgehead atoms. The number of phosphoric ester groups is 1. The minimum atomic E-state index is -4.45. The summed E-state index contributed by atoms with van der Waals surface area (Å²) in [5, 5.41) is 10.3. The van der Waals surface area contributed by atoms with E-state index < -0.39 is 45.2 Å². The molecule has 4 N–H and O–H groups in total. The Kier molecular flexibility index (Phi) is 39.4. The van der Waals surface area contributed by atoms with Gasteiger partial charge in [0, 0.05) is 19.4 Å². The molecule has 0 rings (SSSR count). The van der Waals surface area contributed by atoms with Crippen LogP contribution in [0.2, 0.25) is 0 Å². The van der Waals surface area contributed by atoms with Gasteiger partial charge in [-0.3, -0.25) is 18.6 Å². The molecular formula is C47H76NO9P. The second-order valence-electron chi connectivity index (χ2n) is 13.7. The third kappa shape index (κ3) is 40.8. The van der Waals surface area contributed by atoms with E-state index in [4.69, 9.17) is 24.3 Å². The van der Waals surface area contributed by atoms with E-state index in [-0.39, 0.29) is 32.4 Å².